The maximum Gasteiger partial charge on any atom is 0.179 e. The average molecular weight is 296 g/mol. The van der Waals surface area contributed by atoms with Gasteiger partial charge in [-0.25, -0.2) is 8.78 Å². The van der Waals surface area contributed by atoms with Crippen molar-refractivity contribution in [2.45, 2.75) is 12.8 Å². The van der Waals surface area contributed by atoms with Crippen LogP contribution in [-0.2, 0) is 0 Å². The topological polar surface area (TPSA) is 23.6 Å². The van der Waals surface area contributed by atoms with Crippen LogP contribution >= 0.6 is 0 Å². The van der Waals surface area contributed by atoms with E-state index in [1.165, 1.54) is 0 Å². The first-order valence-corrected chi connectivity index (χ1v) is 7.31. The van der Waals surface area contributed by atoms with E-state index in [1.807, 2.05) is 11.9 Å². The lowest BCUT2D eigenvalue weighted by Gasteiger charge is -2.31. The molecule has 5 heteroatoms. The Bertz CT molecular complexity index is 499. The van der Waals surface area contributed by atoms with Gasteiger partial charge in [-0.1, -0.05) is 0 Å². The lowest BCUT2D eigenvalue weighted by molar-refractivity contribution is 0.0920. The van der Waals surface area contributed by atoms with Crippen molar-refractivity contribution in [1.29, 1.82) is 0 Å². The van der Waals surface area contributed by atoms with Crippen molar-refractivity contribution in [3.05, 3.63) is 35.4 Å². The third-order valence-electron chi connectivity index (χ3n) is 4.05. The Kier molecular flexibility index (Phi) is 5.42. The number of nitrogens with zero attached hydrogens (tertiary/aromatic N) is 2. The molecule has 1 fully saturated rings. The zero-order chi connectivity index (χ0) is 15.4. The molecule has 0 unspecified atom stereocenters. The molecular weight excluding hydrogens is 274 g/mol. The van der Waals surface area contributed by atoms with Gasteiger partial charge in [0, 0.05) is 6.54 Å². The normalized spacial score (nSPS) is 17.4. The van der Waals surface area contributed by atoms with Gasteiger partial charge in [0.15, 0.2) is 5.78 Å². The van der Waals surface area contributed by atoms with E-state index in [0.717, 1.165) is 50.7 Å². The minimum atomic E-state index is -0.658. The summed E-state index contributed by atoms with van der Waals surface area (Å²) in [5, 5.41) is 0. The first-order chi connectivity index (χ1) is 9.95. The van der Waals surface area contributed by atoms with Crippen molar-refractivity contribution in [2.24, 2.45) is 5.92 Å². The van der Waals surface area contributed by atoms with E-state index in [0.29, 0.717) is 5.92 Å². The number of hydrogen-bond donors (Lipinski definition) is 0. The standard InChI is InChI=1S/C16H22F2N2O/c1-19-7-5-12(6-8-19)10-20(2)11-16(21)14-9-13(17)3-4-15(14)18/h3-4,9,12H,5-8,10-11H2,1-2H3. The third-order valence-corrected chi connectivity index (χ3v) is 4.05. The Morgan fingerprint density at radius 3 is 2.67 bits per heavy atom. The van der Waals surface area contributed by atoms with Crippen LogP contribution < -0.4 is 0 Å². The molecule has 1 aliphatic rings. The molecule has 1 saturated heterocycles. The van der Waals surface area contributed by atoms with Crippen LogP contribution in [0.5, 0.6) is 0 Å². The molecule has 0 atom stereocenters. The predicted molar refractivity (Wildman–Crippen MR) is 78.4 cm³/mol. The molecular formula is C16H22F2N2O. The molecule has 1 aliphatic heterocycles. The molecule has 1 heterocycles. The highest BCUT2D eigenvalue weighted by atomic mass is 19.1. The maximum atomic E-state index is 13.6. The average Bonchev–Trinajstić information content (AvgIpc) is 2.44. The number of likely N-dealkylation sites (tertiary alicyclic amines) is 1. The summed E-state index contributed by atoms with van der Waals surface area (Å²) in [6.45, 7) is 3.08. The summed E-state index contributed by atoms with van der Waals surface area (Å²) in [7, 11) is 3.96. The first kappa shape index (κ1) is 16.0. The van der Waals surface area contributed by atoms with Crippen molar-refractivity contribution >= 4 is 5.78 Å². The quantitative estimate of drug-likeness (QED) is 0.780. The van der Waals surface area contributed by atoms with Gasteiger partial charge in [-0.05, 0) is 64.1 Å². The number of rotatable bonds is 5. The molecule has 0 amide bonds. The monoisotopic (exact) mass is 296 g/mol. The van der Waals surface area contributed by atoms with Crippen molar-refractivity contribution in [3.63, 3.8) is 0 Å². The molecule has 0 spiro atoms. The molecule has 0 N–H and O–H groups in total. The van der Waals surface area contributed by atoms with Crippen LogP contribution in [0.2, 0.25) is 0 Å². The number of halogens is 2. The molecule has 0 bridgehead atoms. The van der Waals surface area contributed by atoms with Gasteiger partial charge >= 0.3 is 0 Å². The van der Waals surface area contributed by atoms with Crippen LogP contribution in [0.15, 0.2) is 18.2 Å². The Labute approximate surface area is 124 Å². The largest absolute Gasteiger partial charge is 0.306 e. The Balaban J connectivity index is 1.88. The third kappa shape index (κ3) is 4.58. The van der Waals surface area contributed by atoms with Crippen LogP contribution in [0.4, 0.5) is 8.78 Å². The van der Waals surface area contributed by atoms with E-state index < -0.39 is 11.6 Å². The summed E-state index contributed by atoms with van der Waals surface area (Å²) in [6.07, 6.45) is 2.23. The highest BCUT2D eigenvalue weighted by Gasteiger charge is 2.20. The molecule has 0 aliphatic carbocycles. The number of benzene rings is 1. The molecule has 0 saturated carbocycles. The minimum Gasteiger partial charge on any atom is -0.306 e. The van der Waals surface area contributed by atoms with Gasteiger partial charge < -0.3 is 4.90 Å². The molecule has 3 nitrogen and oxygen atoms in total. The SMILES string of the molecule is CN1CCC(CN(C)CC(=O)c2cc(F)ccc2F)CC1. The fourth-order valence-electron chi connectivity index (χ4n) is 2.79. The number of likely N-dealkylation sites (N-methyl/N-ethyl adjacent to an activating group) is 1. The lowest BCUT2D eigenvalue weighted by Crippen LogP contribution is -2.37. The summed E-state index contributed by atoms with van der Waals surface area (Å²) in [5.41, 5.74) is -0.162. The van der Waals surface area contributed by atoms with E-state index in [2.05, 4.69) is 11.9 Å². The number of carbonyl (C=O) groups is 1. The van der Waals surface area contributed by atoms with Crippen molar-refractivity contribution in [1.82, 2.24) is 9.80 Å². The molecule has 0 aromatic heterocycles. The van der Waals surface area contributed by atoms with Crippen LogP contribution in [0, 0.1) is 17.6 Å². The predicted octanol–water partition coefficient (Wildman–Crippen LogP) is 2.42. The fraction of sp³-hybridized carbons (Fsp3) is 0.562. The molecule has 21 heavy (non-hydrogen) atoms. The van der Waals surface area contributed by atoms with Gasteiger partial charge in [0.1, 0.15) is 11.6 Å². The highest BCUT2D eigenvalue weighted by molar-refractivity contribution is 5.97. The van der Waals surface area contributed by atoms with Crippen molar-refractivity contribution < 1.29 is 13.6 Å². The van der Waals surface area contributed by atoms with E-state index in [1.54, 1.807) is 0 Å². The van der Waals surface area contributed by atoms with Gasteiger partial charge in [-0.3, -0.25) is 9.69 Å². The molecule has 1 aromatic rings. The van der Waals surface area contributed by atoms with Crippen LogP contribution in [0.1, 0.15) is 23.2 Å². The maximum absolute atomic E-state index is 13.6. The molecule has 1 aromatic carbocycles. The Morgan fingerprint density at radius 1 is 1.33 bits per heavy atom. The summed E-state index contributed by atoms with van der Waals surface area (Å²) in [4.78, 5) is 16.3. The molecule has 0 radical (unpaired) electrons. The second kappa shape index (κ2) is 7.09. The van der Waals surface area contributed by atoms with E-state index in [4.69, 9.17) is 0 Å². The fourth-order valence-corrected chi connectivity index (χ4v) is 2.79. The van der Waals surface area contributed by atoms with Crippen molar-refractivity contribution in [2.75, 3.05) is 40.3 Å². The zero-order valence-electron chi connectivity index (χ0n) is 12.6. The summed E-state index contributed by atoms with van der Waals surface area (Å²) in [5.74, 6) is -1.05. The van der Waals surface area contributed by atoms with Gasteiger partial charge in [0.25, 0.3) is 0 Å². The summed E-state index contributed by atoms with van der Waals surface area (Å²) < 4.78 is 26.7. The zero-order valence-corrected chi connectivity index (χ0v) is 12.6. The highest BCUT2D eigenvalue weighted by Crippen LogP contribution is 2.17. The van der Waals surface area contributed by atoms with Crippen LogP contribution in [0.3, 0.4) is 0 Å². The van der Waals surface area contributed by atoms with Gasteiger partial charge in [0.05, 0.1) is 12.1 Å². The van der Waals surface area contributed by atoms with Gasteiger partial charge in [0.2, 0.25) is 0 Å². The van der Waals surface area contributed by atoms with Crippen LogP contribution in [-0.4, -0.2) is 55.9 Å². The molecule has 116 valence electrons. The Morgan fingerprint density at radius 2 is 2.00 bits per heavy atom. The number of hydrogen-bond acceptors (Lipinski definition) is 3. The van der Waals surface area contributed by atoms with E-state index >= 15 is 0 Å². The van der Waals surface area contributed by atoms with E-state index in [-0.39, 0.29) is 17.9 Å². The summed E-state index contributed by atoms with van der Waals surface area (Å²) in [6, 6.07) is 3.00. The van der Waals surface area contributed by atoms with Gasteiger partial charge in [-0.15, -0.1) is 0 Å². The van der Waals surface area contributed by atoms with Crippen LogP contribution in [0.25, 0.3) is 0 Å². The lowest BCUT2D eigenvalue weighted by atomic mass is 9.96. The second-order valence-corrected chi connectivity index (χ2v) is 5.99. The second-order valence-electron chi connectivity index (χ2n) is 5.99. The van der Waals surface area contributed by atoms with Crippen molar-refractivity contribution in [3.8, 4) is 0 Å². The Hall–Kier alpha value is -1.33. The smallest absolute Gasteiger partial charge is 0.179 e. The van der Waals surface area contributed by atoms with E-state index in [9.17, 15) is 13.6 Å². The number of Topliss-reactive ketones (excluding diaryl/α,β-unsaturated/α-hetero) is 1. The summed E-state index contributed by atoms with van der Waals surface area (Å²) >= 11 is 0. The minimum absolute atomic E-state index is 0.118. The van der Waals surface area contributed by atoms with Gasteiger partial charge in [-0.2, -0.15) is 0 Å². The molecule has 2 rings (SSSR count). The first-order valence-electron chi connectivity index (χ1n) is 7.31. The number of carbonyl (C=O) groups excluding carboxylic acids is 1. The number of piperidine rings is 1. The number of ketones is 1.